The number of likely N-dealkylation sites (tertiary alicyclic amines) is 1. The first-order valence-electron chi connectivity index (χ1n) is 7.52. The van der Waals surface area contributed by atoms with E-state index in [1.807, 2.05) is 0 Å². The molecule has 5 nitrogen and oxygen atoms in total. The van der Waals surface area contributed by atoms with Crippen LogP contribution in [0.2, 0.25) is 0 Å². The first-order valence-corrected chi connectivity index (χ1v) is 7.52. The number of nitrogens with one attached hydrogen (secondary N) is 1. The predicted molar refractivity (Wildman–Crippen MR) is 78.5 cm³/mol. The number of alkyl halides is 3. The second-order valence-corrected chi connectivity index (χ2v) is 5.49. The fourth-order valence-corrected chi connectivity index (χ4v) is 2.55. The van der Waals surface area contributed by atoms with Crippen molar-refractivity contribution in [1.29, 1.82) is 0 Å². The number of imide groups is 1. The zero-order chi connectivity index (χ0) is 17.9. The number of hydrogen-bond acceptors (Lipinski definition) is 3. The van der Waals surface area contributed by atoms with Crippen molar-refractivity contribution in [2.24, 2.45) is 0 Å². The molecule has 1 heterocycles. The van der Waals surface area contributed by atoms with Crippen LogP contribution >= 0.6 is 0 Å². The van der Waals surface area contributed by atoms with Gasteiger partial charge in [-0.25, -0.2) is 0 Å². The normalized spacial score (nSPS) is 16.4. The molecule has 130 valence electrons. The minimum Gasteiger partial charge on any atom is -0.350 e. The molecule has 0 spiro atoms. The lowest BCUT2D eigenvalue weighted by molar-refractivity contribution is -0.146. The van der Waals surface area contributed by atoms with Crippen LogP contribution in [0.1, 0.15) is 37.3 Å². The molecule has 1 aromatic rings. The van der Waals surface area contributed by atoms with Crippen molar-refractivity contribution in [2.45, 2.75) is 44.9 Å². The van der Waals surface area contributed by atoms with Crippen LogP contribution in [0.5, 0.6) is 0 Å². The maximum atomic E-state index is 12.5. The number of benzene rings is 1. The Balaban J connectivity index is 1.99. The highest BCUT2D eigenvalue weighted by molar-refractivity contribution is 6.05. The number of carbonyl (C=O) groups excluding carboxylic acids is 3. The van der Waals surface area contributed by atoms with Crippen LogP contribution in [0.15, 0.2) is 24.3 Å². The van der Waals surface area contributed by atoms with Gasteiger partial charge in [0.25, 0.3) is 0 Å². The molecule has 2 rings (SSSR count). The summed E-state index contributed by atoms with van der Waals surface area (Å²) < 4.78 is 37.5. The number of rotatable bonds is 5. The molecule has 3 amide bonds. The molecule has 1 fully saturated rings. The number of nitrogens with zero attached hydrogens (tertiary/aromatic N) is 1. The first-order chi connectivity index (χ1) is 11.2. The largest absolute Gasteiger partial charge is 0.416 e. The van der Waals surface area contributed by atoms with E-state index in [1.165, 1.54) is 12.1 Å². The summed E-state index contributed by atoms with van der Waals surface area (Å²) in [5, 5.41) is 2.56. The molecule has 1 saturated heterocycles. The van der Waals surface area contributed by atoms with Crippen LogP contribution < -0.4 is 5.32 Å². The molecule has 0 aliphatic carbocycles. The third kappa shape index (κ3) is 3.93. The van der Waals surface area contributed by atoms with Crippen LogP contribution in [0, 0.1) is 0 Å². The Kier molecular flexibility index (Phi) is 5.26. The highest BCUT2D eigenvalue weighted by atomic mass is 19.4. The van der Waals surface area contributed by atoms with Gasteiger partial charge in [0.1, 0.15) is 6.04 Å². The Labute approximate surface area is 136 Å². The molecular formula is C16H17F3N2O3. The SMILES string of the molecule is CCC(C(=O)NCc1ccc(C(F)(F)F)cc1)N1C(=O)CCC1=O. The van der Waals surface area contributed by atoms with Crippen molar-refractivity contribution in [2.75, 3.05) is 0 Å². The van der Waals surface area contributed by atoms with E-state index in [-0.39, 0.29) is 37.6 Å². The number of hydrogen-bond donors (Lipinski definition) is 1. The summed E-state index contributed by atoms with van der Waals surface area (Å²) in [6, 6.07) is 3.53. The Morgan fingerprint density at radius 2 is 1.71 bits per heavy atom. The van der Waals surface area contributed by atoms with E-state index in [1.54, 1.807) is 6.92 Å². The highest BCUT2D eigenvalue weighted by Crippen LogP contribution is 2.29. The monoisotopic (exact) mass is 342 g/mol. The lowest BCUT2D eigenvalue weighted by atomic mass is 10.1. The maximum Gasteiger partial charge on any atom is 0.416 e. The fraction of sp³-hybridized carbons (Fsp3) is 0.438. The van der Waals surface area contributed by atoms with Crippen molar-refractivity contribution in [1.82, 2.24) is 10.2 Å². The second-order valence-electron chi connectivity index (χ2n) is 5.49. The summed E-state index contributed by atoms with van der Waals surface area (Å²) in [7, 11) is 0. The minimum atomic E-state index is -4.41. The molecule has 0 saturated carbocycles. The molecule has 1 N–H and O–H groups in total. The van der Waals surface area contributed by atoms with Crippen molar-refractivity contribution >= 4 is 17.7 Å². The zero-order valence-corrected chi connectivity index (χ0v) is 13.0. The molecule has 0 bridgehead atoms. The smallest absolute Gasteiger partial charge is 0.350 e. The summed E-state index contributed by atoms with van der Waals surface area (Å²) in [6.45, 7) is 1.70. The van der Waals surface area contributed by atoms with E-state index in [0.717, 1.165) is 17.0 Å². The maximum absolute atomic E-state index is 12.5. The average molecular weight is 342 g/mol. The third-order valence-electron chi connectivity index (χ3n) is 3.84. The quantitative estimate of drug-likeness (QED) is 0.835. The molecule has 1 atom stereocenters. The van der Waals surface area contributed by atoms with Gasteiger partial charge < -0.3 is 5.32 Å². The van der Waals surface area contributed by atoms with Gasteiger partial charge in [0.15, 0.2) is 0 Å². The Morgan fingerprint density at radius 3 is 2.17 bits per heavy atom. The van der Waals surface area contributed by atoms with Crippen molar-refractivity contribution < 1.29 is 27.6 Å². The van der Waals surface area contributed by atoms with E-state index in [2.05, 4.69) is 5.32 Å². The summed E-state index contributed by atoms with van der Waals surface area (Å²) in [6.07, 6.45) is -3.94. The predicted octanol–water partition coefficient (Wildman–Crippen LogP) is 2.25. The third-order valence-corrected chi connectivity index (χ3v) is 3.84. The van der Waals surface area contributed by atoms with Gasteiger partial charge in [-0.15, -0.1) is 0 Å². The molecule has 0 aromatic heterocycles. The number of halogens is 3. The molecule has 1 unspecified atom stereocenters. The zero-order valence-electron chi connectivity index (χ0n) is 13.0. The van der Waals surface area contributed by atoms with Gasteiger partial charge in [0, 0.05) is 19.4 Å². The van der Waals surface area contributed by atoms with E-state index in [0.29, 0.717) is 5.56 Å². The van der Waals surface area contributed by atoms with Crippen LogP contribution in [0.25, 0.3) is 0 Å². The topological polar surface area (TPSA) is 66.5 Å². The van der Waals surface area contributed by atoms with Gasteiger partial charge >= 0.3 is 6.18 Å². The van der Waals surface area contributed by atoms with Gasteiger partial charge in [-0.3, -0.25) is 19.3 Å². The van der Waals surface area contributed by atoms with Crippen LogP contribution in [-0.4, -0.2) is 28.7 Å². The van der Waals surface area contributed by atoms with Gasteiger partial charge in [0.05, 0.1) is 5.56 Å². The van der Waals surface area contributed by atoms with Crippen molar-refractivity contribution in [3.8, 4) is 0 Å². The first kappa shape index (κ1) is 18.0. The molecule has 1 aromatic carbocycles. The Bertz CT molecular complexity index is 625. The van der Waals surface area contributed by atoms with Crippen LogP contribution in [0.3, 0.4) is 0 Å². The highest BCUT2D eigenvalue weighted by Gasteiger charge is 2.37. The van der Waals surface area contributed by atoms with E-state index in [4.69, 9.17) is 0 Å². The Hall–Kier alpha value is -2.38. The second kappa shape index (κ2) is 7.02. The van der Waals surface area contributed by atoms with E-state index in [9.17, 15) is 27.6 Å². The number of amides is 3. The molecule has 24 heavy (non-hydrogen) atoms. The van der Waals surface area contributed by atoms with Gasteiger partial charge in [-0.05, 0) is 24.1 Å². The lowest BCUT2D eigenvalue weighted by Crippen LogP contribution is -2.48. The number of carbonyl (C=O) groups is 3. The van der Waals surface area contributed by atoms with Crippen molar-refractivity contribution in [3.63, 3.8) is 0 Å². The molecular weight excluding hydrogens is 325 g/mol. The molecule has 1 aliphatic rings. The summed E-state index contributed by atoms with van der Waals surface area (Å²) >= 11 is 0. The summed E-state index contributed by atoms with van der Waals surface area (Å²) in [5.74, 6) is -1.26. The van der Waals surface area contributed by atoms with Crippen LogP contribution in [0.4, 0.5) is 13.2 Å². The molecule has 1 aliphatic heterocycles. The summed E-state index contributed by atoms with van der Waals surface area (Å²) in [5.41, 5.74) is -0.275. The van der Waals surface area contributed by atoms with E-state index >= 15 is 0 Å². The fourth-order valence-electron chi connectivity index (χ4n) is 2.55. The van der Waals surface area contributed by atoms with Crippen LogP contribution in [-0.2, 0) is 27.1 Å². The van der Waals surface area contributed by atoms with Crippen molar-refractivity contribution in [3.05, 3.63) is 35.4 Å². The minimum absolute atomic E-state index is 0.0176. The standard InChI is InChI=1S/C16H17F3N2O3/c1-2-12(21-13(22)7-8-14(21)23)15(24)20-9-10-3-5-11(6-4-10)16(17,18)19/h3-6,12H,2,7-9H2,1H3,(H,20,24). The van der Waals surface area contributed by atoms with Gasteiger partial charge in [-0.2, -0.15) is 13.2 Å². The molecule has 0 radical (unpaired) electrons. The average Bonchev–Trinajstić information content (AvgIpc) is 2.85. The molecule has 8 heteroatoms. The van der Waals surface area contributed by atoms with Gasteiger partial charge in [-0.1, -0.05) is 19.1 Å². The van der Waals surface area contributed by atoms with Gasteiger partial charge in [0.2, 0.25) is 17.7 Å². The summed E-state index contributed by atoms with van der Waals surface area (Å²) in [4.78, 5) is 36.6. The lowest BCUT2D eigenvalue weighted by Gasteiger charge is -2.24. The Morgan fingerprint density at radius 1 is 1.17 bits per heavy atom. The van der Waals surface area contributed by atoms with E-state index < -0.39 is 23.7 Å².